The van der Waals surface area contributed by atoms with Crippen molar-refractivity contribution in [3.8, 4) is 0 Å². The van der Waals surface area contributed by atoms with E-state index in [2.05, 4.69) is 18.4 Å². The van der Waals surface area contributed by atoms with Crippen molar-refractivity contribution in [1.29, 1.82) is 0 Å². The van der Waals surface area contributed by atoms with Crippen molar-refractivity contribution < 1.29 is 9.18 Å². The molecule has 1 aliphatic heterocycles. The van der Waals surface area contributed by atoms with Crippen LogP contribution in [0.5, 0.6) is 0 Å². The zero-order valence-electron chi connectivity index (χ0n) is 12.2. The summed E-state index contributed by atoms with van der Waals surface area (Å²) in [5.41, 5.74) is 2.58. The first-order valence-corrected chi connectivity index (χ1v) is 8.13. The molecule has 0 fully saturated rings. The first-order valence-electron chi connectivity index (χ1n) is 7.25. The van der Waals surface area contributed by atoms with E-state index in [0.29, 0.717) is 11.1 Å². The molecule has 2 heterocycles. The Kier molecular flexibility index (Phi) is 3.81. The van der Waals surface area contributed by atoms with Gasteiger partial charge in [-0.3, -0.25) is 4.79 Å². The summed E-state index contributed by atoms with van der Waals surface area (Å²) in [6.45, 7) is 4.63. The maximum atomic E-state index is 13.2. The van der Waals surface area contributed by atoms with Crippen LogP contribution in [-0.2, 0) is 6.42 Å². The minimum Gasteiger partial charge on any atom is -0.331 e. The number of amides is 1. The van der Waals surface area contributed by atoms with Crippen LogP contribution >= 0.6 is 11.3 Å². The van der Waals surface area contributed by atoms with E-state index < -0.39 is 0 Å². The van der Waals surface area contributed by atoms with Crippen LogP contribution in [0.25, 0.3) is 0 Å². The number of hydrogen-bond donors (Lipinski definition) is 0. The second-order valence-corrected chi connectivity index (χ2v) is 6.43. The molecular formula is C17H18FNOS. The Morgan fingerprint density at radius 1 is 1.43 bits per heavy atom. The number of thiophene rings is 1. The Morgan fingerprint density at radius 2 is 2.24 bits per heavy atom. The molecule has 1 atom stereocenters. The van der Waals surface area contributed by atoms with Crippen molar-refractivity contribution in [1.82, 2.24) is 4.90 Å². The van der Waals surface area contributed by atoms with Gasteiger partial charge in [0.25, 0.3) is 5.91 Å². The highest BCUT2D eigenvalue weighted by molar-refractivity contribution is 7.10. The van der Waals surface area contributed by atoms with Gasteiger partial charge in [0.2, 0.25) is 0 Å². The number of rotatable bonds is 2. The number of nitrogens with zero attached hydrogens (tertiary/aromatic N) is 1. The third-order valence-corrected chi connectivity index (χ3v) is 5.16. The highest BCUT2D eigenvalue weighted by Crippen LogP contribution is 2.36. The molecule has 0 radical (unpaired) electrons. The molecule has 1 aromatic heterocycles. The number of carbonyl (C=O) groups excluding carboxylic acids is 1. The predicted molar refractivity (Wildman–Crippen MR) is 83.2 cm³/mol. The van der Waals surface area contributed by atoms with Crippen LogP contribution in [0.1, 0.15) is 45.7 Å². The van der Waals surface area contributed by atoms with Crippen molar-refractivity contribution in [2.75, 3.05) is 6.54 Å². The Hall–Kier alpha value is -1.68. The molecular weight excluding hydrogens is 285 g/mol. The second-order valence-electron chi connectivity index (χ2n) is 5.43. The van der Waals surface area contributed by atoms with Gasteiger partial charge in [-0.2, -0.15) is 0 Å². The standard InChI is InChI=1S/C17H18FNOS/c1-3-15-14-7-9-21-16(14)6-8-19(15)17(20)13-5-4-12(18)10-11(13)2/h4-5,7,9-10,15H,3,6,8H2,1-2H3. The fourth-order valence-electron chi connectivity index (χ4n) is 3.10. The van der Waals surface area contributed by atoms with Crippen molar-refractivity contribution >= 4 is 17.2 Å². The topological polar surface area (TPSA) is 20.3 Å². The van der Waals surface area contributed by atoms with Gasteiger partial charge in [-0.1, -0.05) is 6.92 Å². The van der Waals surface area contributed by atoms with Gasteiger partial charge >= 0.3 is 0 Å². The molecule has 0 N–H and O–H groups in total. The van der Waals surface area contributed by atoms with Crippen LogP contribution in [0.4, 0.5) is 4.39 Å². The largest absolute Gasteiger partial charge is 0.331 e. The van der Waals surface area contributed by atoms with Crippen LogP contribution in [0.3, 0.4) is 0 Å². The van der Waals surface area contributed by atoms with E-state index in [4.69, 9.17) is 0 Å². The maximum absolute atomic E-state index is 13.2. The lowest BCUT2D eigenvalue weighted by Crippen LogP contribution is -2.39. The molecule has 1 aliphatic rings. The van der Waals surface area contributed by atoms with Crippen LogP contribution in [0, 0.1) is 12.7 Å². The van der Waals surface area contributed by atoms with E-state index in [1.54, 1.807) is 24.3 Å². The third-order valence-electron chi connectivity index (χ3n) is 4.16. The molecule has 0 spiro atoms. The van der Waals surface area contributed by atoms with Gasteiger partial charge in [-0.15, -0.1) is 11.3 Å². The molecule has 1 aromatic carbocycles. The number of hydrogen-bond acceptors (Lipinski definition) is 2. The Labute approximate surface area is 128 Å². The maximum Gasteiger partial charge on any atom is 0.254 e. The van der Waals surface area contributed by atoms with Gasteiger partial charge in [0.15, 0.2) is 0 Å². The van der Waals surface area contributed by atoms with Gasteiger partial charge in [0, 0.05) is 17.0 Å². The SMILES string of the molecule is CCC1c2ccsc2CCN1C(=O)c1ccc(F)cc1C. The molecule has 3 rings (SSSR count). The number of aryl methyl sites for hydroxylation is 1. The van der Waals surface area contributed by atoms with Gasteiger partial charge < -0.3 is 4.90 Å². The van der Waals surface area contributed by atoms with Gasteiger partial charge in [0.1, 0.15) is 5.82 Å². The summed E-state index contributed by atoms with van der Waals surface area (Å²) in [6, 6.07) is 6.65. The lowest BCUT2D eigenvalue weighted by molar-refractivity contribution is 0.0656. The summed E-state index contributed by atoms with van der Waals surface area (Å²) in [6.07, 6.45) is 1.81. The molecule has 21 heavy (non-hydrogen) atoms. The Balaban J connectivity index is 1.94. The molecule has 110 valence electrons. The summed E-state index contributed by atoms with van der Waals surface area (Å²) in [7, 11) is 0. The molecule has 0 saturated heterocycles. The molecule has 1 amide bonds. The molecule has 2 nitrogen and oxygen atoms in total. The monoisotopic (exact) mass is 303 g/mol. The van der Waals surface area contributed by atoms with Crippen LogP contribution in [0.15, 0.2) is 29.6 Å². The second kappa shape index (κ2) is 5.60. The fourth-order valence-corrected chi connectivity index (χ4v) is 4.03. The minimum absolute atomic E-state index is 0.0104. The zero-order chi connectivity index (χ0) is 15.0. The average molecular weight is 303 g/mol. The summed E-state index contributed by atoms with van der Waals surface area (Å²) < 4.78 is 13.2. The van der Waals surface area contributed by atoms with E-state index in [9.17, 15) is 9.18 Å². The number of benzene rings is 1. The molecule has 4 heteroatoms. The summed E-state index contributed by atoms with van der Waals surface area (Å²) in [5, 5.41) is 2.10. The van der Waals surface area contributed by atoms with E-state index in [-0.39, 0.29) is 17.8 Å². The fraction of sp³-hybridized carbons (Fsp3) is 0.353. The van der Waals surface area contributed by atoms with Crippen LogP contribution in [-0.4, -0.2) is 17.4 Å². The lowest BCUT2D eigenvalue weighted by Gasteiger charge is -2.35. The molecule has 0 aliphatic carbocycles. The van der Waals surface area contributed by atoms with E-state index in [1.807, 2.05) is 4.90 Å². The minimum atomic E-state index is -0.296. The van der Waals surface area contributed by atoms with Crippen LogP contribution in [0.2, 0.25) is 0 Å². The van der Waals surface area contributed by atoms with Crippen molar-refractivity contribution in [2.45, 2.75) is 32.7 Å². The molecule has 0 bridgehead atoms. The Morgan fingerprint density at radius 3 is 2.95 bits per heavy atom. The van der Waals surface area contributed by atoms with Crippen molar-refractivity contribution in [3.63, 3.8) is 0 Å². The Bertz CT molecular complexity index is 679. The number of carbonyl (C=O) groups is 1. The third kappa shape index (κ3) is 2.48. The molecule has 1 unspecified atom stereocenters. The van der Waals surface area contributed by atoms with Crippen molar-refractivity contribution in [3.05, 3.63) is 57.0 Å². The zero-order valence-corrected chi connectivity index (χ0v) is 13.0. The number of halogens is 1. The normalized spacial score (nSPS) is 17.7. The molecule has 0 saturated carbocycles. The summed E-state index contributed by atoms with van der Waals surface area (Å²) in [4.78, 5) is 16.2. The van der Waals surface area contributed by atoms with Crippen molar-refractivity contribution in [2.24, 2.45) is 0 Å². The highest BCUT2D eigenvalue weighted by Gasteiger charge is 2.31. The lowest BCUT2D eigenvalue weighted by atomic mass is 9.96. The predicted octanol–water partition coefficient (Wildman–Crippen LogP) is 4.35. The van der Waals surface area contributed by atoms with Crippen LogP contribution < -0.4 is 0 Å². The summed E-state index contributed by atoms with van der Waals surface area (Å²) >= 11 is 1.77. The van der Waals surface area contributed by atoms with E-state index >= 15 is 0 Å². The smallest absolute Gasteiger partial charge is 0.254 e. The first-order chi connectivity index (χ1) is 10.1. The quantitative estimate of drug-likeness (QED) is 0.808. The molecule has 2 aromatic rings. The van der Waals surface area contributed by atoms with Gasteiger partial charge in [-0.25, -0.2) is 4.39 Å². The highest BCUT2D eigenvalue weighted by atomic mass is 32.1. The van der Waals surface area contributed by atoms with Gasteiger partial charge in [-0.05, 0) is 60.5 Å². The van der Waals surface area contributed by atoms with Gasteiger partial charge in [0.05, 0.1) is 6.04 Å². The number of fused-ring (bicyclic) bond motifs is 1. The van der Waals surface area contributed by atoms with E-state index in [0.717, 1.165) is 19.4 Å². The first kappa shape index (κ1) is 14.3. The van der Waals surface area contributed by atoms with E-state index in [1.165, 1.54) is 22.6 Å². The summed E-state index contributed by atoms with van der Waals surface area (Å²) in [5.74, 6) is -0.286. The average Bonchev–Trinajstić information content (AvgIpc) is 2.94.